The van der Waals surface area contributed by atoms with Gasteiger partial charge >= 0.3 is 0 Å². The topological polar surface area (TPSA) is 74.0 Å². The first-order chi connectivity index (χ1) is 11.2. The molecule has 1 aromatic carbocycles. The van der Waals surface area contributed by atoms with E-state index in [2.05, 4.69) is 35.6 Å². The number of aromatic nitrogens is 2. The quantitative estimate of drug-likeness (QED) is 0.879. The van der Waals surface area contributed by atoms with Crippen LogP contribution in [0.4, 0.5) is 5.82 Å². The molecule has 2 atom stereocenters. The van der Waals surface area contributed by atoms with E-state index in [-0.39, 0.29) is 17.9 Å². The van der Waals surface area contributed by atoms with Gasteiger partial charge in [-0.1, -0.05) is 30.3 Å². The van der Waals surface area contributed by atoms with Crippen LogP contribution in [0.1, 0.15) is 24.9 Å². The second-order valence-corrected chi connectivity index (χ2v) is 5.81. The molecular weight excluding hydrogens is 290 g/mol. The van der Waals surface area contributed by atoms with Gasteiger partial charge in [0.25, 0.3) is 0 Å². The Bertz CT molecular complexity index is 718. The number of likely N-dealkylation sites (tertiary alicyclic amines) is 1. The van der Waals surface area contributed by atoms with Gasteiger partial charge in [-0.3, -0.25) is 4.79 Å². The molecule has 2 aromatic rings. The molecule has 2 heterocycles. The predicted molar refractivity (Wildman–Crippen MR) is 86.4 cm³/mol. The number of rotatable bonds is 4. The smallest absolute Gasteiger partial charge is 0.230 e. The van der Waals surface area contributed by atoms with Gasteiger partial charge in [0.1, 0.15) is 0 Å². The lowest BCUT2D eigenvalue weighted by molar-refractivity contribution is -0.119. The van der Waals surface area contributed by atoms with E-state index in [1.807, 2.05) is 29.0 Å². The molecule has 1 amide bonds. The maximum atomic E-state index is 12.2. The van der Waals surface area contributed by atoms with Crippen molar-refractivity contribution in [3.8, 4) is 6.19 Å². The van der Waals surface area contributed by atoms with Gasteiger partial charge in [0.05, 0.1) is 18.3 Å². The molecule has 1 saturated heterocycles. The Hall–Kier alpha value is -2.81. The van der Waals surface area contributed by atoms with Crippen LogP contribution >= 0.6 is 0 Å². The third-order valence-corrected chi connectivity index (χ3v) is 4.28. The highest BCUT2D eigenvalue weighted by Gasteiger charge is 2.28. The zero-order valence-electron chi connectivity index (χ0n) is 13.0. The monoisotopic (exact) mass is 309 g/mol. The fourth-order valence-corrected chi connectivity index (χ4v) is 2.81. The number of benzene rings is 1. The van der Waals surface area contributed by atoms with Gasteiger partial charge in [0.2, 0.25) is 5.91 Å². The summed E-state index contributed by atoms with van der Waals surface area (Å²) in [7, 11) is 0. The van der Waals surface area contributed by atoms with E-state index in [0.29, 0.717) is 25.3 Å². The molecule has 23 heavy (non-hydrogen) atoms. The maximum Gasteiger partial charge on any atom is 0.230 e. The van der Waals surface area contributed by atoms with Crippen LogP contribution in [0.25, 0.3) is 0 Å². The number of hydrogen-bond donors (Lipinski definition) is 1. The molecule has 0 bridgehead atoms. The van der Waals surface area contributed by atoms with Gasteiger partial charge in [0.15, 0.2) is 12.0 Å². The summed E-state index contributed by atoms with van der Waals surface area (Å²) in [6.45, 7) is 3.22. The molecule has 1 fully saturated rings. The molecule has 6 nitrogen and oxygen atoms in total. The second kappa shape index (κ2) is 6.53. The summed E-state index contributed by atoms with van der Waals surface area (Å²) in [5.41, 5.74) is 1.18. The van der Waals surface area contributed by atoms with Crippen LogP contribution in [-0.4, -0.2) is 33.4 Å². The molecule has 6 heteroatoms. The number of nitrogens with one attached hydrogen (secondary N) is 1. The van der Waals surface area contributed by atoms with E-state index in [1.165, 1.54) is 5.56 Å². The van der Waals surface area contributed by atoms with E-state index in [0.717, 1.165) is 0 Å². The van der Waals surface area contributed by atoms with Gasteiger partial charge < -0.3 is 14.8 Å². The molecule has 0 spiro atoms. The normalized spacial score (nSPS) is 18.4. The zero-order chi connectivity index (χ0) is 16.2. The van der Waals surface area contributed by atoms with Crippen LogP contribution in [0.15, 0.2) is 42.9 Å². The van der Waals surface area contributed by atoms with Gasteiger partial charge in [-0.15, -0.1) is 0 Å². The number of imidazole rings is 1. The fraction of sp³-hybridized carbons (Fsp3) is 0.353. The largest absolute Gasteiger partial charge is 0.328 e. The van der Waals surface area contributed by atoms with Crippen molar-refractivity contribution in [3.05, 3.63) is 48.4 Å². The number of carbonyl (C=O) groups excluding carboxylic acids is 1. The van der Waals surface area contributed by atoms with Crippen molar-refractivity contribution in [3.63, 3.8) is 0 Å². The number of anilines is 1. The molecule has 118 valence electrons. The summed E-state index contributed by atoms with van der Waals surface area (Å²) in [5, 5.41) is 11.7. The maximum absolute atomic E-state index is 12.2. The molecule has 1 aliphatic rings. The number of carbonyl (C=O) groups is 1. The van der Waals surface area contributed by atoms with Gasteiger partial charge in [0, 0.05) is 19.3 Å². The molecule has 1 unspecified atom stereocenters. The number of nitriles is 1. The van der Waals surface area contributed by atoms with Crippen LogP contribution < -0.4 is 5.32 Å². The van der Waals surface area contributed by atoms with Crippen LogP contribution in [0.5, 0.6) is 0 Å². The summed E-state index contributed by atoms with van der Waals surface area (Å²) >= 11 is 0. The molecule has 0 saturated carbocycles. The summed E-state index contributed by atoms with van der Waals surface area (Å²) < 4.78 is 1.97. The van der Waals surface area contributed by atoms with Crippen LogP contribution in [0.3, 0.4) is 0 Å². The van der Waals surface area contributed by atoms with E-state index in [4.69, 9.17) is 5.26 Å². The first-order valence-corrected chi connectivity index (χ1v) is 7.71. The van der Waals surface area contributed by atoms with Crippen LogP contribution in [0.2, 0.25) is 0 Å². The highest BCUT2D eigenvalue weighted by molar-refractivity contribution is 5.91. The second-order valence-electron chi connectivity index (χ2n) is 5.81. The number of hydrogen-bond acceptors (Lipinski definition) is 4. The standard InChI is InChI=1S/C17H19N5O/c1-13(14-5-3-2-4-6-14)22-10-16(19-12-22)20-17(23)15-7-8-21(9-15)11-18/h2-6,10,12-13,15H,7-9H2,1H3,(H,20,23)/t13-,15?/m0/s1. The van der Waals surface area contributed by atoms with E-state index >= 15 is 0 Å². The Morgan fingerprint density at radius 3 is 2.91 bits per heavy atom. The molecule has 0 radical (unpaired) electrons. The lowest BCUT2D eigenvalue weighted by Gasteiger charge is -2.13. The van der Waals surface area contributed by atoms with Crippen molar-refractivity contribution >= 4 is 11.7 Å². The van der Waals surface area contributed by atoms with Gasteiger partial charge in [-0.2, -0.15) is 5.26 Å². The van der Waals surface area contributed by atoms with Crippen LogP contribution in [0, 0.1) is 17.4 Å². The van der Waals surface area contributed by atoms with Crippen molar-refractivity contribution in [1.29, 1.82) is 5.26 Å². The minimum absolute atomic E-state index is 0.0691. The van der Waals surface area contributed by atoms with Crippen molar-refractivity contribution in [2.24, 2.45) is 5.92 Å². The molecule has 1 aliphatic heterocycles. The third-order valence-electron chi connectivity index (χ3n) is 4.28. The Kier molecular flexibility index (Phi) is 4.29. The SMILES string of the molecule is C[C@@H](c1ccccc1)n1cnc(NC(=O)C2CCN(C#N)C2)c1. The molecule has 1 aromatic heterocycles. The summed E-state index contributed by atoms with van der Waals surface area (Å²) in [6, 6.07) is 10.3. The summed E-state index contributed by atoms with van der Waals surface area (Å²) in [5.74, 6) is 0.333. The first kappa shape index (κ1) is 15.1. The van der Waals surface area contributed by atoms with E-state index in [9.17, 15) is 4.79 Å². The predicted octanol–water partition coefficient (Wildman–Crippen LogP) is 2.23. The zero-order valence-corrected chi connectivity index (χ0v) is 13.0. The fourth-order valence-electron chi connectivity index (χ4n) is 2.81. The first-order valence-electron chi connectivity index (χ1n) is 7.71. The third kappa shape index (κ3) is 3.34. The van der Waals surface area contributed by atoms with Crippen LogP contribution in [-0.2, 0) is 4.79 Å². The Balaban J connectivity index is 1.64. The Morgan fingerprint density at radius 2 is 2.22 bits per heavy atom. The minimum atomic E-state index is -0.147. The average Bonchev–Trinajstić information content (AvgIpc) is 3.24. The van der Waals surface area contributed by atoms with Crippen molar-refractivity contribution in [2.75, 3.05) is 18.4 Å². The number of amides is 1. The van der Waals surface area contributed by atoms with Gasteiger partial charge in [-0.25, -0.2) is 4.98 Å². The van der Waals surface area contributed by atoms with E-state index in [1.54, 1.807) is 11.2 Å². The highest BCUT2D eigenvalue weighted by Crippen LogP contribution is 2.20. The highest BCUT2D eigenvalue weighted by atomic mass is 16.2. The minimum Gasteiger partial charge on any atom is -0.328 e. The lowest BCUT2D eigenvalue weighted by atomic mass is 10.1. The molecule has 0 aliphatic carbocycles. The number of nitrogens with zero attached hydrogens (tertiary/aromatic N) is 4. The van der Waals surface area contributed by atoms with Gasteiger partial charge in [-0.05, 0) is 18.9 Å². The summed E-state index contributed by atoms with van der Waals surface area (Å²) in [4.78, 5) is 18.1. The lowest BCUT2D eigenvalue weighted by Crippen LogP contribution is -2.25. The molecular formula is C17H19N5O. The van der Waals surface area contributed by atoms with Crippen molar-refractivity contribution in [2.45, 2.75) is 19.4 Å². The average molecular weight is 309 g/mol. The Morgan fingerprint density at radius 1 is 1.43 bits per heavy atom. The Labute approximate surface area is 135 Å². The molecule has 1 N–H and O–H groups in total. The molecule has 3 rings (SSSR count). The summed E-state index contributed by atoms with van der Waals surface area (Å²) in [6.07, 6.45) is 6.36. The van der Waals surface area contributed by atoms with Crippen molar-refractivity contribution < 1.29 is 4.79 Å². The van der Waals surface area contributed by atoms with E-state index < -0.39 is 0 Å². The van der Waals surface area contributed by atoms with Crippen molar-refractivity contribution in [1.82, 2.24) is 14.5 Å².